The molecule has 0 aliphatic carbocycles. The predicted molar refractivity (Wildman–Crippen MR) is 59.6 cm³/mol. The second-order valence-corrected chi connectivity index (χ2v) is 4.79. The summed E-state index contributed by atoms with van der Waals surface area (Å²) < 4.78 is 0. The van der Waals surface area contributed by atoms with Crippen LogP contribution < -0.4 is 0 Å². The average molecular weight is 225 g/mol. The molecule has 0 bridgehead atoms. The van der Waals surface area contributed by atoms with Crippen molar-refractivity contribution >= 4 is 11.8 Å². The van der Waals surface area contributed by atoms with E-state index >= 15 is 0 Å². The SMILES string of the molecule is CC1C(=O)N2C(C)C(=O)N(C)CCC2N1C. The van der Waals surface area contributed by atoms with Crippen LogP contribution in [0.2, 0.25) is 0 Å². The van der Waals surface area contributed by atoms with Gasteiger partial charge in [0, 0.05) is 13.6 Å². The van der Waals surface area contributed by atoms with E-state index in [4.69, 9.17) is 0 Å². The van der Waals surface area contributed by atoms with Gasteiger partial charge in [-0.15, -0.1) is 0 Å². The van der Waals surface area contributed by atoms with Crippen LogP contribution in [0.25, 0.3) is 0 Å². The Balaban J connectivity index is 2.33. The van der Waals surface area contributed by atoms with Crippen molar-refractivity contribution in [2.75, 3.05) is 20.6 Å². The third-order valence-electron chi connectivity index (χ3n) is 3.89. The maximum Gasteiger partial charge on any atom is 0.244 e. The molecule has 5 heteroatoms. The highest BCUT2D eigenvalue weighted by atomic mass is 16.2. The number of hydrogen-bond donors (Lipinski definition) is 0. The zero-order valence-electron chi connectivity index (χ0n) is 10.3. The summed E-state index contributed by atoms with van der Waals surface area (Å²) in [4.78, 5) is 29.6. The van der Waals surface area contributed by atoms with E-state index in [1.165, 1.54) is 0 Å². The number of carbonyl (C=O) groups excluding carboxylic acids is 2. The molecule has 2 aliphatic rings. The molecule has 2 aliphatic heterocycles. The first kappa shape index (κ1) is 11.4. The van der Waals surface area contributed by atoms with Crippen LogP contribution in [0, 0.1) is 0 Å². The Bertz CT molecular complexity index is 331. The molecule has 2 rings (SSSR count). The van der Waals surface area contributed by atoms with Crippen molar-refractivity contribution in [3.63, 3.8) is 0 Å². The predicted octanol–water partition coefficient (Wildman–Crippen LogP) is -0.274. The van der Waals surface area contributed by atoms with Crippen LogP contribution in [0.15, 0.2) is 0 Å². The van der Waals surface area contributed by atoms with Crippen molar-refractivity contribution in [1.29, 1.82) is 0 Å². The van der Waals surface area contributed by atoms with Crippen LogP contribution in [-0.2, 0) is 9.59 Å². The Hall–Kier alpha value is -1.10. The molecular weight excluding hydrogens is 206 g/mol. The number of hydrogen-bond acceptors (Lipinski definition) is 3. The van der Waals surface area contributed by atoms with Crippen molar-refractivity contribution in [3.05, 3.63) is 0 Å². The first-order valence-corrected chi connectivity index (χ1v) is 5.74. The van der Waals surface area contributed by atoms with Crippen molar-refractivity contribution in [3.8, 4) is 0 Å². The molecule has 0 aromatic heterocycles. The lowest BCUT2D eigenvalue weighted by Crippen LogP contribution is -2.47. The second-order valence-electron chi connectivity index (χ2n) is 4.79. The largest absolute Gasteiger partial charge is 0.344 e. The van der Waals surface area contributed by atoms with Gasteiger partial charge in [-0.2, -0.15) is 0 Å². The summed E-state index contributed by atoms with van der Waals surface area (Å²) in [5, 5.41) is 0. The lowest BCUT2D eigenvalue weighted by Gasteiger charge is -2.28. The highest BCUT2D eigenvalue weighted by Gasteiger charge is 2.47. The van der Waals surface area contributed by atoms with Crippen LogP contribution in [-0.4, -0.2) is 65.4 Å². The second kappa shape index (κ2) is 3.73. The number of rotatable bonds is 0. The summed E-state index contributed by atoms with van der Waals surface area (Å²) in [6, 6.07) is -0.443. The van der Waals surface area contributed by atoms with Crippen LogP contribution >= 0.6 is 0 Å². The van der Waals surface area contributed by atoms with Gasteiger partial charge >= 0.3 is 0 Å². The van der Waals surface area contributed by atoms with Crippen molar-refractivity contribution in [2.45, 2.75) is 38.5 Å². The number of carbonyl (C=O) groups is 2. The zero-order chi connectivity index (χ0) is 12.0. The lowest BCUT2D eigenvalue weighted by molar-refractivity contribution is -0.141. The number of amides is 2. The summed E-state index contributed by atoms with van der Waals surface area (Å²) in [5.41, 5.74) is 0. The highest BCUT2D eigenvalue weighted by Crippen LogP contribution is 2.27. The number of nitrogens with zero attached hydrogens (tertiary/aromatic N) is 3. The first-order chi connectivity index (χ1) is 7.45. The van der Waals surface area contributed by atoms with Gasteiger partial charge in [0.25, 0.3) is 0 Å². The van der Waals surface area contributed by atoms with Crippen molar-refractivity contribution in [2.24, 2.45) is 0 Å². The summed E-state index contributed by atoms with van der Waals surface area (Å²) in [6.45, 7) is 4.44. The third-order valence-corrected chi connectivity index (χ3v) is 3.89. The number of likely N-dealkylation sites (N-methyl/N-ethyl adjacent to an activating group) is 2. The molecule has 5 nitrogen and oxygen atoms in total. The highest BCUT2D eigenvalue weighted by molar-refractivity contribution is 5.91. The fraction of sp³-hybridized carbons (Fsp3) is 0.818. The topological polar surface area (TPSA) is 43.9 Å². The summed E-state index contributed by atoms with van der Waals surface area (Å²) in [6.07, 6.45) is 0.908. The van der Waals surface area contributed by atoms with Gasteiger partial charge in [-0.25, -0.2) is 0 Å². The Kier molecular flexibility index (Phi) is 2.66. The van der Waals surface area contributed by atoms with Crippen molar-refractivity contribution in [1.82, 2.24) is 14.7 Å². The van der Waals surface area contributed by atoms with Gasteiger partial charge in [0.15, 0.2) is 0 Å². The van der Waals surface area contributed by atoms with E-state index in [1.807, 2.05) is 20.9 Å². The molecule has 2 fully saturated rings. The molecule has 0 N–H and O–H groups in total. The lowest BCUT2D eigenvalue weighted by atomic mass is 10.2. The van der Waals surface area contributed by atoms with E-state index < -0.39 is 0 Å². The Morgan fingerprint density at radius 3 is 2.31 bits per heavy atom. The Morgan fingerprint density at radius 2 is 1.69 bits per heavy atom. The minimum Gasteiger partial charge on any atom is -0.344 e. The molecule has 2 amide bonds. The molecule has 0 radical (unpaired) electrons. The minimum absolute atomic E-state index is 0.0401. The van der Waals surface area contributed by atoms with E-state index in [0.717, 1.165) is 6.42 Å². The van der Waals surface area contributed by atoms with Gasteiger partial charge < -0.3 is 9.80 Å². The standard InChI is InChI=1S/C11H19N3O2/c1-7-11(16)14-8(2)10(15)12(3)6-5-9(14)13(7)4/h7-9H,5-6H2,1-4H3. The molecule has 0 aromatic carbocycles. The van der Waals surface area contributed by atoms with E-state index in [-0.39, 0.29) is 30.1 Å². The molecule has 16 heavy (non-hydrogen) atoms. The Labute approximate surface area is 96.0 Å². The first-order valence-electron chi connectivity index (χ1n) is 5.74. The molecule has 0 aromatic rings. The average Bonchev–Trinajstić information content (AvgIpc) is 2.40. The molecule has 3 atom stereocenters. The summed E-state index contributed by atoms with van der Waals surface area (Å²) >= 11 is 0. The molecule has 90 valence electrons. The van der Waals surface area contributed by atoms with Crippen molar-refractivity contribution < 1.29 is 9.59 Å². The van der Waals surface area contributed by atoms with Crippen LogP contribution in [0.3, 0.4) is 0 Å². The molecule has 0 spiro atoms. The van der Waals surface area contributed by atoms with Gasteiger partial charge in [0.1, 0.15) is 6.04 Å². The number of fused-ring (bicyclic) bond motifs is 1. The van der Waals surface area contributed by atoms with Gasteiger partial charge in [0.2, 0.25) is 11.8 Å². The summed E-state index contributed by atoms with van der Waals surface area (Å²) in [5.74, 6) is 0.113. The summed E-state index contributed by atoms with van der Waals surface area (Å²) in [7, 11) is 3.75. The van der Waals surface area contributed by atoms with E-state index in [0.29, 0.717) is 6.54 Å². The van der Waals surface area contributed by atoms with Crippen LogP contribution in [0.4, 0.5) is 0 Å². The van der Waals surface area contributed by atoms with E-state index in [9.17, 15) is 9.59 Å². The maximum atomic E-state index is 12.1. The molecule has 3 unspecified atom stereocenters. The van der Waals surface area contributed by atoms with Crippen LogP contribution in [0.5, 0.6) is 0 Å². The van der Waals surface area contributed by atoms with E-state index in [1.54, 1.807) is 16.8 Å². The molecular formula is C11H19N3O2. The van der Waals surface area contributed by atoms with Gasteiger partial charge in [-0.05, 0) is 27.3 Å². The Morgan fingerprint density at radius 1 is 1.06 bits per heavy atom. The van der Waals surface area contributed by atoms with Crippen LogP contribution in [0.1, 0.15) is 20.3 Å². The normalized spacial score (nSPS) is 36.6. The van der Waals surface area contributed by atoms with Gasteiger partial charge in [-0.1, -0.05) is 0 Å². The fourth-order valence-corrected chi connectivity index (χ4v) is 2.64. The molecule has 0 saturated carbocycles. The smallest absolute Gasteiger partial charge is 0.244 e. The van der Waals surface area contributed by atoms with Gasteiger partial charge in [-0.3, -0.25) is 14.5 Å². The van der Waals surface area contributed by atoms with E-state index in [2.05, 4.69) is 4.90 Å². The molecule has 2 heterocycles. The maximum absolute atomic E-state index is 12.1. The fourth-order valence-electron chi connectivity index (χ4n) is 2.64. The minimum atomic E-state index is -0.336. The zero-order valence-corrected chi connectivity index (χ0v) is 10.3. The quantitative estimate of drug-likeness (QED) is 0.570. The van der Waals surface area contributed by atoms with Gasteiger partial charge in [0.05, 0.1) is 12.2 Å². The molecule has 2 saturated heterocycles. The monoisotopic (exact) mass is 225 g/mol. The third kappa shape index (κ3) is 1.42.